The van der Waals surface area contributed by atoms with Gasteiger partial charge in [-0.05, 0) is 31.1 Å². The van der Waals surface area contributed by atoms with E-state index in [9.17, 15) is 14.5 Å². The number of nitrogen functional groups attached to an aromatic ring is 1. The van der Waals surface area contributed by atoms with Crippen LogP contribution in [0, 0.1) is 5.41 Å². The molecule has 34 heavy (non-hydrogen) atoms. The molecule has 2 heterocycles. The number of esters is 1. The Kier molecular flexibility index (Phi) is 6.67. The lowest BCUT2D eigenvalue weighted by molar-refractivity contribution is -0.142. The number of hydrogen-bond donors (Lipinski definition) is 3. The summed E-state index contributed by atoms with van der Waals surface area (Å²) in [4.78, 5) is 24.2. The van der Waals surface area contributed by atoms with E-state index >= 15 is 0 Å². The van der Waals surface area contributed by atoms with Gasteiger partial charge >= 0.3 is 13.7 Å². The Morgan fingerprint density at radius 3 is 2.82 bits per heavy atom. The van der Waals surface area contributed by atoms with Crippen molar-refractivity contribution in [2.45, 2.75) is 19.4 Å². The smallest absolute Gasteiger partial charge is 0.459 e. The second kappa shape index (κ2) is 9.51. The third-order valence-electron chi connectivity index (χ3n) is 5.46. The number of nitrogens with two attached hydrogens (primary N) is 1. The summed E-state index contributed by atoms with van der Waals surface area (Å²) in [5.74, 6) is -0.0701. The van der Waals surface area contributed by atoms with E-state index in [1.165, 1.54) is 20.4 Å². The highest BCUT2D eigenvalue weighted by Gasteiger charge is 2.51. The lowest BCUT2D eigenvalue weighted by atomic mass is 10.1. The minimum atomic E-state index is -4.02. The third kappa shape index (κ3) is 4.95. The molecule has 4 rings (SSSR count). The summed E-state index contributed by atoms with van der Waals surface area (Å²) in [7, 11) is -2.80. The van der Waals surface area contributed by atoms with Gasteiger partial charge < -0.3 is 20.1 Å². The molecule has 3 aromatic rings. The number of aromatic nitrogens is 4. The molecule has 2 aromatic heterocycles. The van der Waals surface area contributed by atoms with Crippen molar-refractivity contribution in [3.63, 3.8) is 0 Å². The van der Waals surface area contributed by atoms with Crippen molar-refractivity contribution in [2.75, 3.05) is 26.1 Å². The van der Waals surface area contributed by atoms with Crippen molar-refractivity contribution in [3.05, 3.63) is 48.6 Å². The van der Waals surface area contributed by atoms with E-state index in [-0.39, 0.29) is 19.0 Å². The van der Waals surface area contributed by atoms with Crippen LogP contribution in [0.5, 0.6) is 5.75 Å². The van der Waals surface area contributed by atoms with Crippen LogP contribution >= 0.6 is 7.75 Å². The first-order valence-corrected chi connectivity index (χ1v) is 11.9. The number of carbonyl (C=O) groups excluding carboxylic acids is 1. The van der Waals surface area contributed by atoms with Crippen LogP contribution < -0.4 is 15.3 Å². The van der Waals surface area contributed by atoms with Gasteiger partial charge in [0.2, 0.25) is 0 Å². The van der Waals surface area contributed by atoms with Gasteiger partial charge in [0.25, 0.3) is 0 Å². The molecule has 0 spiro atoms. The predicted molar refractivity (Wildman–Crippen MR) is 123 cm³/mol. The number of nitrogens with zero attached hydrogens (tertiary/aromatic N) is 4. The maximum absolute atomic E-state index is 13.5. The Labute approximate surface area is 195 Å². The van der Waals surface area contributed by atoms with Crippen molar-refractivity contribution in [3.8, 4) is 5.75 Å². The number of imidazole rings is 1. The van der Waals surface area contributed by atoms with E-state index in [2.05, 4.69) is 20.0 Å². The summed E-state index contributed by atoms with van der Waals surface area (Å²) in [5.41, 5.74) is 6.87. The van der Waals surface area contributed by atoms with Crippen LogP contribution in [-0.4, -0.2) is 57.0 Å². The molecule has 12 nitrogen and oxygen atoms in total. The van der Waals surface area contributed by atoms with Gasteiger partial charge in [0.1, 0.15) is 24.4 Å². The van der Waals surface area contributed by atoms with Crippen LogP contribution in [0.1, 0.15) is 13.3 Å². The number of rotatable bonds is 10. The summed E-state index contributed by atoms with van der Waals surface area (Å²) >= 11 is 0. The molecular weight excluding hydrogens is 463 g/mol. The topological polar surface area (TPSA) is 164 Å². The van der Waals surface area contributed by atoms with Crippen molar-refractivity contribution in [1.82, 2.24) is 24.6 Å². The van der Waals surface area contributed by atoms with E-state index < -0.39 is 25.2 Å². The number of fused-ring (bicyclic) bond motifs is 1. The molecule has 4 N–H and O–H groups in total. The molecule has 180 valence electrons. The number of nitrogens with one attached hydrogen (secondary N) is 1. The molecule has 1 aliphatic rings. The molecule has 3 atom stereocenters. The van der Waals surface area contributed by atoms with Crippen molar-refractivity contribution >= 4 is 36.9 Å². The Hall–Kier alpha value is -3.31. The number of carbonyl (C=O) groups is 1. The number of aliphatic hydroxyl groups is 1. The standard InChI is InChI=1S/C21H25N6O6P/c1-14(20(29)31-2)26-34(30,33-16-6-4-3-5-7-16)32-11-21(10-28)8-15(21)9-27-13-25-17-18(22)23-12-24-19(17)27/h3-7,9,12-14,28H,8,10-11H2,1-2H3,(H,26,30)(H2,22,23,24)/b15-9-. The molecule has 1 aliphatic carbocycles. The zero-order valence-corrected chi connectivity index (χ0v) is 19.5. The molecular formula is C21H25N6O6P. The highest BCUT2D eigenvalue weighted by molar-refractivity contribution is 7.52. The molecule has 0 amide bonds. The molecule has 0 radical (unpaired) electrons. The highest BCUT2D eigenvalue weighted by Crippen LogP contribution is 2.56. The Balaban J connectivity index is 1.53. The Bertz CT molecular complexity index is 1270. The molecule has 1 saturated carbocycles. The van der Waals surface area contributed by atoms with Gasteiger partial charge in [-0.3, -0.25) is 13.9 Å². The fourth-order valence-electron chi connectivity index (χ4n) is 3.37. The Morgan fingerprint density at radius 2 is 2.12 bits per heavy atom. The zero-order chi connectivity index (χ0) is 24.3. The first kappa shape index (κ1) is 23.8. The average Bonchev–Trinajstić information content (AvgIpc) is 3.37. The van der Waals surface area contributed by atoms with Gasteiger partial charge in [0.15, 0.2) is 17.0 Å². The average molecular weight is 488 g/mol. The Morgan fingerprint density at radius 1 is 1.35 bits per heavy atom. The lowest BCUT2D eigenvalue weighted by Gasteiger charge is -2.24. The number of aliphatic hydroxyl groups excluding tert-OH is 1. The highest BCUT2D eigenvalue weighted by atomic mass is 31.2. The minimum Gasteiger partial charge on any atom is -0.468 e. The van der Waals surface area contributed by atoms with E-state index in [0.717, 1.165) is 5.57 Å². The first-order valence-electron chi connectivity index (χ1n) is 10.4. The molecule has 13 heteroatoms. The zero-order valence-electron chi connectivity index (χ0n) is 18.6. The largest absolute Gasteiger partial charge is 0.468 e. The molecule has 0 bridgehead atoms. The predicted octanol–water partition coefficient (Wildman–Crippen LogP) is 1.99. The SMILES string of the molecule is COC(=O)C(C)NP(=O)(OCC1(CO)C/C1=C/n1cnc2c(N)ncnc21)Oc1ccccc1. The quantitative estimate of drug-likeness (QED) is 0.282. The van der Waals surface area contributed by atoms with Gasteiger partial charge in [-0.25, -0.2) is 19.5 Å². The summed E-state index contributed by atoms with van der Waals surface area (Å²) in [6.07, 6.45) is 5.15. The molecule has 1 fully saturated rings. The van der Waals surface area contributed by atoms with Crippen molar-refractivity contribution < 1.29 is 28.3 Å². The lowest BCUT2D eigenvalue weighted by Crippen LogP contribution is -2.35. The second-order valence-electron chi connectivity index (χ2n) is 7.90. The molecule has 0 saturated heterocycles. The summed E-state index contributed by atoms with van der Waals surface area (Å²) in [5, 5.41) is 12.7. The van der Waals surface area contributed by atoms with E-state index in [1.54, 1.807) is 47.4 Å². The number of benzene rings is 1. The molecule has 3 unspecified atom stereocenters. The van der Waals surface area contributed by atoms with Crippen LogP contribution in [0.15, 0.2) is 48.6 Å². The van der Waals surface area contributed by atoms with Crippen molar-refractivity contribution in [2.24, 2.45) is 5.41 Å². The maximum Gasteiger partial charge on any atom is 0.459 e. The van der Waals surface area contributed by atoms with Gasteiger partial charge in [-0.2, -0.15) is 5.09 Å². The van der Waals surface area contributed by atoms with Crippen LogP contribution in [0.2, 0.25) is 0 Å². The summed E-state index contributed by atoms with van der Waals surface area (Å²) < 4.78 is 31.2. The summed E-state index contributed by atoms with van der Waals surface area (Å²) in [6, 6.07) is 7.48. The van der Waals surface area contributed by atoms with Crippen LogP contribution in [-0.2, 0) is 18.6 Å². The first-order chi connectivity index (χ1) is 16.3. The monoisotopic (exact) mass is 488 g/mol. The number of para-hydroxylation sites is 1. The fraction of sp³-hybridized carbons (Fsp3) is 0.333. The number of methoxy groups -OCH3 is 1. The van der Waals surface area contributed by atoms with E-state index in [0.29, 0.717) is 23.3 Å². The van der Waals surface area contributed by atoms with E-state index in [4.69, 9.17) is 19.5 Å². The summed E-state index contributed by atoms with van der Waals surface area (Å²) in [6.45, 7) is 1.11. The van der Waals surface area contributed by atoms with Gasteiger partial charge in [0, 0.05) is 11.6 Å². The third-order valence-corrected chi connectivity index (χ3v) is 7.08. The van der Waals surface area contributed by atoms with Gasteiger partial charge in [-0.1, -0.05) is 18.2 Å². The van der Waals surface area contributed by atoms with Crippen LogP contribution in [0.3, 0.4) is 0 Å². The van der Waals surface area contributed by atoms with Crippen LogP contribution in [0.4, 0.5) is 5.82 Å². The van der Waals surface area contributed by atoms with Gasteiger partial charge in [0.05, 0.1) is 20.3 Å². The second-order valence-corrected chi connectivity index (χ2v) is 9.60. The molecule has 1 aromatic carbocycles. The fourth-order valence-corrected chi connectivity index (χ4v) is 4.94. The number of anilines is 1. The molecule has 0 aliphatic heterocycles. The normalized spacial score (nSPS) is 21.2. The maximum atomic E-state index is 13.5. The van der Waals surface area contributed by atoms with E-state index in [1.807, 2.05) is 0 Å². The number of ether oxygens (including phenoxy) is 1. The number of hydrogen-bond acceptors (Lipinski definition) is 10. The minimum absolute atomic E-state index is 0.121. The van der Waals surface area contributed by atoms with Gasteiger partial charge in [-0.15, -0.1) is 0 Å². The van der Waals surface area contributed by atoms with Crippen molar-refractivity contribution in [1.29, 1.82) is 0 Å². The van der Waals surface area contributed by atoms with Crippen LogP contribution in [0.25, 0.3) is 17.4 Å².